The van der Waals surface area contributed by atoms with Gasteiger partial charge in [0, 0.05) is 32.6 Å². The lowest BCUT2D eigenvalue weighted by molar-refractivity contribution is 0.379. The van der Waals surface area contributed by atoms with Gasteiger partial charge in [0.2, 0.25) is 0 Å². The number of nitrogens with zero attached hydrogens (tertiary/aromatic N) is 3. The predicted molar refractivity (Wildman–Crippen MR) is 73.3 cm³/mol. The summed E-state index contributed by atoms with van der Waals surface area (Å²) in [6.45, 7) is 4.65. The van der Waals surface area contributed by atoms with E-state index in [-0.39, 0.29) is 24.0 Å². The van der Waals surface area contributed by atoms with Gasteiger partial charge < -0.3 is 14.7 Å². The van der Waals surface area contributed by atoms with Crippen LogP contribution in [0.3, 0.4) is 0 Å². The molecule has 0 radical (unpaired) electrons. The van der Waals surface area contributed by atoms with Crippen molar-refractivity contribution in [1.82, 2.24) is 15.4 Å². The molecule has 1 aromatic rings. The number of aryl methyl sites for hydroxylation is 1. The fourth-order valence-electron chi connectivity index (χ4n) is 1.56. The maximum atomic E-state index is 5.11. The summed E-state index contributed by atoms with van der Waals surface area (Å²) in [7, 11) is 2.04. The minimum atomic E-state index is 0. The zero-order valence-corrected chi connectivity index (χ0v) is 11.9. The maximum absolute atomic E-state index is 5.11. The fourth-order valence-corrected chi connectivity index (χ4v) is 1.56. The van der Waals surface area contributed by atoms with Crippen LogP contribution in [-0.2, 0) is 6.42 Å². The van der Waals surface area contributed by atoms with E-state index < -0.39 is 0 Å². The highest BCUT2D eigenvalue weighted by Crippen LogP contribution is 2.02. The van der Waals surface area contributed by atoms with Crippen LogP contribution in [0.1, 0.15) is 11.5 Å². The van der Waals surface area contributed by atoms with Crippen molar-refractivity contribution in [2.24, 2.45) is 4.99 Å². The Labute approximate surface area is 112 Å². The molecule has 0 saturated heterocycles. The number of aromatic nitrogens is 1. The van der Waals surface area contributed by atoms with Gasteiger partial charge in [-0.25, -0.2) is 0 Å². The van der Waals surface area contributed by atoms with Gasteiger partial charge >= 0.3 is 0 Å². The molecule has 6 heteroatoms. The quantitative estimate of drug-likeness (QED) is 0.838. The van der Waals surface area contributed by atoms with Crippen LogP contribution in [0.25, 0.3) is 0 Å². The van der Waals surface area contributed by atoms with Crippen molar-refractivity contribution in [3.63, 3.8) is 0 Å². The molecule has 0 fully saturated rings. The van der Waals surface area contributed by atoms with E-state index in [1.54, 1.807) is 0 Å². The van der Waals surface area contributed by atoms with E-state index >= 15 is 0 Å². The molecule has 0 aromatic carbocycles. The summed E-state index contributed by atoms with van der Waals surface area (Å²) in [5.41, 5.74) is 0.931. The van der Waals surface area contributed by atoms with Crippen molar-refractivity contribution >= 4 is 29.9 Å². The highest BCUT2D eigenvalue weighted by molar-refractivity contribution is 14.0. The third-order valence-electron chi connectivity index (χ3n) is 2.39. The Morgan fingerprint density at radius 3 is 2.94 bits per heavy atom. The highest BCUT2D eigenvalue weighted by Gasteiger charge is 2.11. The third-order valence-corrected chi connectivity index (χ3v) is 2.39. The zero-order valence-electron chi connectivity index (χ0n) is 9.56. The zero-order chi connectivity index (χ0) is 10.7. The molecule has 16 heavy (non-hydrogen) atoms. The van der Waals surface area contributed by atoms with Gasteiger partial charge in [-0.3, -0.25) is 4.99 Å². The molecule has 5 nitrogen and oxygen atoms in total. The molecule has 0 bridgehead atoms. The van der Waals surface area contributed by atoms with Crippen molar-refractivity contribution < 1.29 is 4.52 Å². The Balaban J connectivity index is 0.00000128. The number of likely N-dealkylation sites (N-methyl/N-ethyl adjacent to an activating group) is 1. The molecule has 0 amide bonds. The van der Waals surface area contributed by atoms with E-state index in [2.05, 4.69) is 20.4 Å². The molecule has 2 heterocycles. The highest BCUT2D eigenvalue weighted by atomic mass is 127. The third kappa shape index (κ3) is 3.36. The summed E-state index contributed by atoms with van der Waals surface area (Å²) in [5.74, 6) is 1.90. The molecule has 90 valence electrons. The van der Waals surface area contributed by atoms with Gasteiger partial charge in [-0.15, -0.1) is 24.0 Å². The van der Waals surface area contributed by atoms with Gasteiger partial charge in [0.15, 0.2) is 5.96 Å². The van der Waals surface area contributed by atoms with Crippen molar-refractivity contribution in [2.45, 2.75) is 13.3 Å². The molecule has 1 aliphatic rings. The summed E-state index contributed by atoms with van der Waals surface area (Å²) in [5, 5.41) is 7.12. The lowest BCUT2D eigenvalue weighted by atomic mass is 10.3. The van der Waals surface area contributed by atoms with Crippen LogP contribution in [0, 0.1) is 6.92 Å². The standard InChI is InChI=1S/C10H16N4O.HI/c1-8-7-9(15-13-8)3-4-11-10-12-5-6-14(10)2;/h7H,3-6H2,1-2H3,(H,11,12);1H. The van der Waals surface area contributed by atoms with E-state index in [4.69, 9.17) is 4.52 Å². The first-order valence-corrected chi connectivity index (χ1v) is 5.17. The monoisotopic (exact) mass is 336 g/mol. The number of nitrogens with one attached hydrogen (secondary N) is 1. The maximum Gasteiger partial charge on any atom is 0.193 e. The molecule has 1 N–H and O–H groups in total. The molecular weight excluding hydrogens is 319 g/mol. The van der Waals surface area contributed by atoms with E-state index in [0.29, 0.717) is 0 Å². The van der Waals surface area contributed by atoms with Gasteiger partial charge in [0.05, 0.1) is 12.2 Å². The number of hydrogen-bond donors (Lipinski definition) is 1. The minimum absolute atomic E-state index is 0. The first-order chi connectivity index (χ1) is 7.25. The Morgan fingerprint density at radius 2 is 2.38 bits per heavy atom. The van der Waals surface area contributed by atoms with Gasteiger partial charge in [-0.1, -0.05) is 5.16 Å². The van der Waals surface area contributed by atoms with Crippen LogP contribution < -0.4 is 5.32 Å². The largest absolute Gasteiger partial charge is 0.361 e. The Morgan fingerprint density at radius 1 is 1.56 bits per heavy atom. The van der Waals surface area contributed by atoms with Crippen LogP contribution in [0.15, 0.2) is 15.6 Å². The van der Waals surface area contributed by atoms with Crippen molar-refractivity contribution in [3.05, 3.63) is 17.5 Å². The van der Waals surface area contributed by atoms with Crippen LogP contribution in [0.2, 0.25) is 0 Å². The van der Waals surface area contributed by atoms with Gasteiger partial charge in [0.25, 0.3) is 0 Å². The second-order valence-electron chi connectivity index (χ2n) is 3.74. The van der Waals surface area contributed by atoms with E-state index in [0.717, 1.165) is 43.5 Å². The van der Waals surface area contributed by atoms with E-state index in [1.807, 2.05) is 20.0 Å². The van der Waals surface area contributed by atoms with Crippen LogP contribution >= 0.6 is 24.0 Å². The molecule has 0 saturated carbocycles. The number of halogens is 1. The summed E-state index contributed by atoms with van der Waals surface area (Å²) in [6, 6.07) is 1.96. The Bertz CT molecular complexity index is 363. The van der Waals surface area contributed by atoms with Crippen LogP contribution in [0.4, 0.5) is 0 Å². The van der Waals surface area contributed by atoms with Crippen molar-refractivity contribution in [3.8, 4) is 0 Å². The number of rotatable bonds is 3. The number of hydrogen-bond acceptors (Lipinski definition) is 5. The van der Waals surface area contributed by atoms with E-state index in [1.165, 1.54) is 0 Å². The molecule has 0 unspecified atom stereocenters. The first-order valence-electron chi connectivity index (χ1n) is 5.17. The lowest BCUT2D eigenvalue weighted by Crippen LogP contribution is -2.36. The van der Waals surface area contributed by atoms with Gasteiger partial charge in [0.1, 0.15) is 5.76 Å². The van der Waals surface area contributed by atoms with Crippen molar-refractivity contribution in [1.29, 1.82) is 0 Å². The molecule has 2 rings (SSSR count). The molecule has 1 aliphatic heterocycles. The topological polar surface area (TPSA) is 53.7 Å². The summed E-state index contributed by atoms with van der Waals surface area (Å²) >= 11 is 0. The summed E-state index contributed by atoms with van der Waals surface area (Å²) < 4.78 is 5.11. The van der Waals surface area contributed by atoms with Gasteiger partial charge in [-0.2, -0.15) is 0 Å². The fraction of sp³-hybridized carbons (Fsp3) is 0.600. The SMILES string of the molecule is Cc1cc(CCNC2=NCCN2C)on1.I. The number of guanidine groups is 1. The molecular formula is C10H17IN4O. The van der Waals surface area contributed by atoms with Crippen LogP contribution in [-0.4, -0.2) is 42.7 Å². The molecule has 0 spiro atoms. The first kappa shape index (κ1) is 13.3. The Hall–Kier alpha value is -0.790. The summed E-state index contributed by atoms with van der Waals surface area (Å²) in [4.78, 5) is 6.46. The average Bonchev–Trinajstić information content (AvgIpc) is 2.77. The summed E-state index contributed by atoms with van der Waals surface area (Å²) in [6.07, 6.45) is 0.841. The number of aliphatic imine (C=N–C) groups is 1. The second kappa shape index (κ2) is 6.07. The van der Waals surface area contributed by atoms with Crippen molar-refractivity contribution in [2.75, 3.05) is 26.7 Å². The van der Waals surface area contributed by atoms with E-state index in [9.17, 15) is 0 Å². The predicted octanol–water partition coefficient (Wildman–Crippen LogP) is 1.03. The lowest BCUT2D eigenvalue weighted by Gasteiger charge is -2.14. The molecule has 0 atom stereocenters. The smallest absolute Gasteiger partial charge is 0.193 e. The average molecular weight is 336 g/mol. The Kier molecular flexibility index (Phi) is 5.04. The van der Waals surface area contributed by atoms with Gasteiger partial charge in [-0.05, 0) is 6.92 Å². The van der Waals surface area contributed by atoms with Crippen LogP contribution in [0.5, 0.6) is 0 Å². The minimum Gasteiger partial charge on any atom is -0.361 e. The molecule has 1 aromatic heterocycles. The normalized spacial score (nSPS) is 14.6. The molecule has 0 aliphatic carbocycles. The second-order valence-corrected chi connectivity index (χ2v) is 3.74.